The van der Waals surface area contributed by atoms with Crippen molar-refractivity contribution in [3.05, 3.63) is 20.2 Å². The number of hydrogen-bond donors (Lipinski definition) is 1. The van der Waals surface area contributed by atoms with Crippen molar-refractivity contribution in [2.24, 2.45) is 0 Å². The van der Waals surface area contributed by atoms with E-state index in [2.05, 4.69) is 26.6 Å². The van der Waals surface area contributed by atoms with Gasteiger partial charge in [0.15, 0.2) is 0 Å². The van der Waals surface area contributed by atoms with Crippen LogP contribution in [-0.2, 0) is 22.5 Å². The number of aromatic nitrogens is 1. The number of carbonyl (C=O) groups is 1. The standard InChI is InChI=1S/C12H19N3O3S/c1-14-3-5-15(6-4-14)8-10-9(7-11(16)18-2)13-12(17)19-10/h3-8H2,1-2H3,(H,13,17). The maximum absolute atomic E-state index is 11.5. The number of hydrogen-bond acceptors (Lipinski definition) is 6. The molecule has 1 aliphatic rings. The number of aromatic amines is 1. The Kier molecular flexibility index (Phi) is 4.73. The van der Waals surface area contributed by atoms with Gasteiger partial charge in [-0.3, -0.25) is 14.5 Å². The SMILES string of the molecule is COC(=O)Cc1[nH]c(=O)sc1CN1CCN(C)CC1. The van der Waals surface area contributed by atoms with E-state index in [1.165, 1.54) is 18.4 Å². The van der Waals surface area contributed by atoms with Crippen LogP contribution in [0.25, 0.3) is 0 Å². The zero-order valence-electron chi connectivity index (χ0n) is 11.3. The van der Waals surface area contributed by atoms with E-state index in [1.807, 2.05) is 0 Å². The van der Waals surface area contributed by atoms with Gasteiger partial charge in [0.25, 0.3) is 0 Å². The van der Waals surface area contributed by atoms with Gasteiger partial charge < -0.3 is 14.6 Å². The van der Waals surface area contributed by atoms with E-state index in [0.29, 0.717) is 5.69 Å². The highest BCUT2D eigenvalue weighted by atomic mass is 32.1. The van der Waals surface area contributed by atoms with Crippen LogP contribution in [0.2, 0.25) is 0 Å². The molecule has 1 aliphatic heterocycles. The van der Waals surface area contributed by atoms with Crippen LogP contribution in [0.5, 0.6) is 0 Å². The number of nitrogens with one attached hydrogen (secondary N) is 1. The predicted octanol–water partition coefficient (Wildman–Crippen LogP) is -0.101. The number of thiazole rings is 1. The summed E-state index contributed by atoms with van der Waals surface area (Å²) in [5, 5.41) is 0. The lowest BCUT2D eigenvalue weighted by molar-refractivity contribution is -0.139. The highest BCUT2D eigenvalue weighted by Gasteiger charge is 2.18. The molecule has 0 radical (unpaired) electrons. The Bertz CT molecular complexity index is 489. The molecular weight excluding hydrogens is 266 g/mol. The fourth-order valence-electron chi connectivity index (χ4n) is 2.09. The van der Waals surface area contributed by atoms with Crippen LogP contribution in [0.3, 0.4) is 0 Å². The van der Waals surface area contributed by atoms with Crippen molar-refractivity contribution in [3.8, 4) is 0 Å². The summed E-state index contributed by atoms with van der Waals surface area (Å²) in [4.78, 5) is 30.9. The third kappa shape index (κ3) is 3.89. The molecule has 1 fully saturated rings. The fraction of sp³-hybridized carbons (Fsp3) is 0.667. The van der Waals surface area contributed by atoms with E-state index in [4.69, 9.17) is 0 Å². The molecular formula is C12H19N3O3S. The first kappa shape index (κ1) is 14.2. The quantitative estimate of drug-likeness (QED) is 0.783. The summed E-state index contributed by atoms with van der Waals surface area (Å²) >= 11 is 1.19. The van der Waals surface area contributed by atoms with Gasteiger partial charge >= 0.3 is 10.8 Å². The molecule has 0 aliphatic carbocycles. The van der Waals surface area contributed by atoms with Gasteiger partial charge in [0, 0.05) is 43.3 Å². The normalized spacial score (nSPS) is 17.6. The maximum atomic E-state index is 11.5. The van der Waals surface area contributed by atoms with Crippen LogP contribution < -0.4 is 4.87 Å². The highest BCUT2D eigenvalue weighted by molar-refractivity contribution is 7.09. The number of nitrogens with zero attached hydrogens (tertiary/aromatic N) is 2. The number of ether oxygens (including phenoxy) is 1. The van der Waals surface area contributed by atoms with Crippen LogP contribution in [0.4, 0.5) is 0 Å². The third-order valence-electron chi connectivity index (χ3n) is 3.32. The summed E-state index contributed by atoms with van der Waals surface area (Å²) in [5.74, 6) is -0.325. The van der Waals surface area contributed by atoms with Crippen LogP contribution in [0, 0.1) is 0 Å². The largest absolute Gasteiger partial charge is 0.469 e. The summed E-state index contributed by atoms with van der Waals surface area (Å²) in [5.41, 5.74) is 0.695. The molecule has 0 unspecified atom stereocenters. The molecule has 1 aromatic heterocycles. The van der Waals surface area contributed by atoms with Crippen molar-refractivity contribution in [1.29, 1.82) is 0 Å². The lowest BCUT2D eigenvalue weighted by Gasteiger charge is -2.32. The molecule has 2 heterocycles. The number of piperazine rings is 1. The van der Waals surface area contributed by atoms with E-state index >= 15 is 0 Å². The minimum atomic E-state index is -0.325. The smallest absolute Gasteiger partial charge is 0.311 e. The lowest BCUT2D eigenvalue weighted by atomic mass is 10.2. The molecule has 1 N–H and O–H groups in total. The molecule has 2 rings (SSSR count). The van der Waals surface area contributed by atoms with Gasteiger partial charge in [-0.1, -0.05) is 11.3 Å². The molecule has 0 bridgehead atoms. The molecule has 0 atom stereocenters. The number of esters is 1. The Labute approximate surface area is 116 Å². The molecule has 19 heavy (non-hydrogen) atoms. The lowest BCUT2D eigenvalue weighted by Crippen LogP contribution is -2.43. The summed E-state index contributed by atoms with van der Waals surface area (Å²) in [6, 6.07) is 0. The Hall–Kier alpha value is -1.18. The van der Waals surface area contributed by atoms with E-state index in [9.17, 15) is 9.59 Å². The fourth-order valence-corrected chi connectivity index (χ4v) is 2.98. The molecule has 0 amide bonds. The number of methoxy groups -OCH3 is 1. The van der Waals surface area contributed by atoms with Crippen LogP contribution in [0.15, 0.2) is 4.79 Å². The summed E-state index contributed by atoms with van der Waals surface area (Å²) in [6.07, 6.45) is 0.137. The summed E-state index contributed by atoms with van der Waals surface area (Å²) in [7, 11) is 3.46. The van der Waals surface area contributed by atoms with Gasteiger partial charge in [-0.05, 0) is 7.05 Å². The van der Waals surface area contributed by atoms with E-state index in [-0.39, 0.29) is 17.3 Å². The topological polar surface area (TPSA) is 65.6 Å². The second-order valence-corrected chi connectivity index (χ2v) is 5.82. The van der Waals surface area contributed by atoms with Crippen molar-refractivity contribution >= 4 is 17.3 Å². The molecule has 0 saturated carbocycles. The molecule has 106 valence electrons. The van der Waals surface area contributed by atoms with Crippen molar-refractivity contribution in [2.75, 3.05) is 40.3 Å². The molecule has 1 aromatic rings. The minimum absolute atomic E-state index is 0.108. The molecule has 6 nitrogen and oxygen atoms in total. The summed E-state index contributed by atoms with van der Waals surface area (Å²) in [6.45, 7) is 4.77. The molecule has 0 aromatic carbocycles. The highest BCUT2D eigenvalue weighted by Crippen LogP contribution is 2.15. The average molecular weight is 285 g/mol. The van der Waals surface area contributed by atoms with E-state index in [0.717, 1.165) is 37.6 Å². The number of rotatable bonds is 4. The maximum Gasteiger partial charge on any atom is 0.311 e. The second kappa shape index (κ2) is 6.31. The van der Waals surface area contributed by atoms with Crippen LogP contribution in [-0.4, -0.2) is 61.1 Å². The number of carbonyl (C=O) groups excluding carboxylic acids is 1. The zero-order valence-corrected chi connectivity index (χ0v) is 12.1. The van der Waals surface area contributed by atoms with Gasteiger partial charge in [0.1, 0.15) is 0 Å². The summed E-state index contributed by atoms with van der Waals surface area (Å²) < 4.78 is 4.65. The van der Waals surface area contributed by atoms with Crippen molar-refractivity contribution in [1.82, 2.24) is 14.8 Å². The van der Waals surface area contributed by atoms with Gasteiger partial charge in [-0.2, -0.15) is 0 Å². The first-order valence-electron chi connectivity index (χ1n) is 6.27. The first-order chi connectivity index (χ1) is 9.08. The number of H-pyrrole nitrogens is 1. The Balaban J connectivity index is 2.03. The molecule has 0 spiro atoms. The Morgan fingerprint density at radius 3 is 2.68 bits per heavy atom. The zero-order chi connectivity index (χ0) is 13.8. The minimum Gasteiger partial charge on any atom is -0.469 e. The van der Waals surface area contributed by atoms with E-state index < -0.39 is 0 Å². The monoisotopic (exact) mass is 285 g/mol. The molecule has 7 heteroatoms. The van der Waals surface area contributed by atoms with E-state index in [1.54, 1.807) is 0 Å². The predicted molar refractivity (Wildman–Crippen MR) is 73.4 cm³/mol. The van der Waals surface area contributed by atoms with Crippen molar-refractivity contribution < 1.29 is 9.53 Å². The molecule has 1 saturated heterocycles. The van der Waals surface area contributed by atoms with Gasteiger partial charge in [-0.25, -0.2) is 0 Å². The van der Waals surface area contributed by atoms with Crippen molar-refractivity contribution in [2.45, 2.75) is 13.0 Å². The average Bonchev–Trinajstić information content (AvgIpc) is 2.72. The van der Waals surface area contributed by atoms with Crippen molar-refractivity contribution in [3.63, 3.8) is 0 Å². The Morgan fingerprint density at radius 2 is 2.05 bits per heavy atom. The Morgan fingerprint density at radius 1 is 1.37 bits per heavy atom. The van der Waals surface area contributed by atoms with Crippen LogP contribution in [0.1, 0.15) is 10.6 Å². The second-order valence-electron chi connectivity index (χ2n) is 4.75. The first-order valence-corrected chi connectivity index (χ1v) is 7.08. The van der Waals surface area contributed by atoms with Gasteiger partial charge in [0.05, 0.1) is 13.5 Å². The third-order valence-corrected chi connectivity index (χ3v) is 4.23. The van der Waals surface area contributed by atoms with Gasteiger partial charge in [0.2, 0.25) is 0 Å². The van der Waals surface area contributed by atoms with Crippen LogP contribution >= 0.6 is 11.3 Å². The number of likely N-dealkylation sites (N-methyl/N-ethyl adjacent to an activating group) is 1. The van der Waals surface area contributed by atoms with Gasteiger partial charge in [-0.15, -0.1) is 0 Å².